The fourth-order valence-electron chi connectivity index (χ4n) is 3.17. The molecule has 0 radical (unpaired) electrons. The van der Waals surface area contributed by atoms with Gasteiger partial charge in [-0.25, -0.2) is 4.98 Å². The van der Waals surface area contributed by atoms with Crippen LogP contribution in [-0.2, 0) is 11.3 Å². The predicted octanol–water partition coefficient (Wildman–Crippen LogP) is 2.27. The molecule has 28 heavy (non-hydrogen) atoms. The van der Waals surface area contributed by atoms with Crippen LogP contribution < -0.4 is 15.6 Å². The van der Waals surface area contributed by atoms with Gasteiger partial charge < -0.3 is 19.8 Å². The number of nitrogens with one attached hydrogen (secondary N) is 2. The predicted molar refractivity (Wildman–Crippen MR) is 104 cm³/mol. The Kier molecular flexibility index (Phi) is 5.34. The van der Waals surface area contributed by atoms with E-state index in [0.717, 1.165) is 30.6 Å². The van der Waals surface area contributed by atoms with Gasteiger partial charge in [-0.1, -0.05) is 18.2 Å². The highest BCUT2D eigenvalue weighted by Gasteiger charge is 2.16. The van der Waals surface area contributed by atoms with Gasteiger partial charge in [0.05, 0.1) is 13.2 Å². The minimum absolute atomic E-state index is 0.232. The van der Waals surface area contributed by atoms with Crippen molar-refractivity contribution in [2.75, 3.05) is 19.8 Å². The molecule has 2 aromatic heterocycles. The molecule has 1 atom stereocenters. The van der Waals surface area contributed by atoms with Crippen LogP contribution in [0.4, 0.5) is 0 Å². The zero-order chi connectivity index (χ0) is 19.3. The van der Waals surface area contributed by atoms with Crippen LogP contribution in [0.5, 0.6) is 5.88 Å². The van der Waals surface area contributed by atoms with E-state index >= 15 is 0 Å². The number of hydrogen-bond donors (Lipinski definition) is 2. The Morgan fingerprint density at radius 2 is 2.18 bits per heavy atom. The number of amides is 1. The van der Waals surface area contributed by atoms with Gasteiger partial charge in [0.1, 0.15) is 5.69 Å². The Balaban J connectivity index is 1.39. The van der Waals surface area contributed by atoms with E-state index in [4.69, 9.17) is 9.47 Å². The lowest BCUT2D eigenvalue weighted by Gasteiger charge is -2.11. The average Bonchev–Trinajstić information content (AvgIpc) is 3.24. The molecule has 0 aliphatic carbocycles. The number of ether oxygens (including phenoxy) is 2. The summed E-state index contributed by atoms with van der Waals surface area (Å²) in [4.78, 5) is 31.4. The molecule has 3 aromatic rings. The van der Waals surface area contributed by atoms with E-state index in [1.165, 1.54) is 0 Å². The van der Waals surface area contributed by atoms with Crippen LogP contribution in [0.2, 0.25) is 0 Å². The Hall–Kier alpha value is -3.19. The molecule has 1 unspecified atom stereocenters. The van der Waals surface area contributed by atoms with Crippen molar-refractivity contribution >= 4 is 16.7 Å². The minimum atomic E-state index is -0.342. The Bertz CT molecular complexity index is 1040. The molecule has 1 amide bonds. The van der Waals surface area contributed by atoms with Gasteiger partial charge in [-0.05, 0) is 35.6 Å². The summed E-state index contributed by atoms with van der Waals surface area (Å²) in [7, 11) is 0. The maximum atomic E-state index is 12.5. The van der Waals surface area contributed by atoms with Crippen molar-refractivity contribution in [2.24, 2.45) is 5.92 Å². The summed E-state index contributed by atoms with van der Waals surface area (Å²) in [5.41, 5.74) is 0.818. The standard InChI is InChI=1S/C21H21N3O4/c25-20-17-4-2-1-3-16(17)10-18(24-20)21(26)23-11-14-5-7-22-19(9-14)28-13-15-6-8-27-12-15/h1-5,7,9-10,15H,6,8,11-13H2,(H,23,26)(H,24,25). The Morgan fingerprint density at radius 1 is 1.29 bits per heavy atom. The first-order chi connectivity index (χ1) is 13.7. The first-order valence-electron chi connectivity index (χ1n) is 9.25. The van der Waals surface area contributed by atoms with Crippen molar-refractivity contribution in [1.82, 2.24) is 15.3 Å². The van der Waals surface area contributed by atoms with E-state index in [0.29, 0.717) is 30.3 Å². The summed E-state index contributed by atoms with van der Waals surface area (Å²) < 4.78 is 11.1. The van der Waals surface area contributed by atoms with Gasteiger partial charge in [0.25, 0.3) is 11.5 Å². The summed E-state index contributed by atoms with van der Waals surface area (Å²) in [6.45, 7) is 2.38. The molecule has 0 spiro atoms. The molecule has 4 rings (SSSR count). The maximum Gasteiger partial charge on any atom is 0.268 e. The number of rotatable bonds is 6. The number of hydrogen-bond acceptors (Lipinski definition) is 5. The highest BCUT2D eigenvalue weighted by molar-refractivity contribution is 5.96. The largest absolute Gasteiger partial charge is 0.477 e. The molecule has 144 valence electrons. The Morgan fingerprint density at radius 3 is 3.04 bits per heavy atom. The quantitative estimate of drug-likeness (QED) is 0.685. The van der Waals surface area contributed by atoms with Crippen molar-refractivity contribution in [3.05, 3.63) is 70.3 Å². The van der Waals surface area contributed by atoms with Crippen LogP contribution in [-0.4, -0.2) is 35.7 Å². The van der Waals surface area contributed by atoms with E-state index in [1.54, 1.807) is 30.5 Å². The van der Waals surface area contributed by atoms with Crippen LogP contribution in [0.25, 0.3) is 10.8 Å². The fraction of sp³-hybridized carbons (Fsp3) is 0.286. The van der Waals surface area contributed by atoms with Crippen molar-refractivity contribution in [2.45, 2.75) is 13.0 Å². The number of carbonyl (C=O) groups is 1. The van der Waals surface area contributed by atoms with Crippen LogP contribution in [0.3, 0.4) is 0 Å². The number of nitrogens with zero attached hydrogens (tertiary/aromatic N) is 1. The second kappa shape index (κ2) is 8.22. The summed E-state index contributed by atoms with van der Waals surface area (Å²) in [6.07, 6.45) is 2.65. The lowest BCUT2D eigenvalue weighted by Crippen LogP contribution is -2.26. The highest BCUT2D eigenvalue weighted by Crippen LogP contribution is 2.16. The van der Waals surface area contributed by atoms with Gasteiger partial charge in [-0.15, -0.1) is 0 Å². The molecule has 1 aliphatic rings. The topological polar surface area (TPSA) is 93.3 Å². The second-order valence-corrected chi connectivity index (χ2v) is 6.83. The van der Waals surface area contributed by atoms with Gasteiger partial charge >= 0.3 is 0 Å². The molecule has 1 aliphatic heterocycles. The summed E-state index contributed by atoms with van der Waals surface area (Å²) in [6, 6.07) is 12.5. The number of pyridine rings is 2. The summed E-state index contributed by atoms with van der Waals surface area (Å²) >= 11 is 0. The first-order valence-corrected chi connectivity index (χ1v) is 9.25. The second-order valence-electron chi connectivity index (χ2n) is 6.83. The van der Waals surface area contributed by atoms with E-state index in [2.05, 4.69) is 15.3 Å². The average molecular weight is 379 g/mol. The molecule has 3 heterocycles. The van der Waals surface area contributed by atoms with Gasteiger partial charge in [0.2, 0.25) is 5.88 Å². The van der Waals surface area contributed by atoms with Crippen molar-refractivity contribution in [3.8, 4) is 5.88 Å². The molecule has 0 saturated carbocycles. The third kappa shape index (κ3) is 4.20. The molecule has 7 nitrogen and oxygen atoms in total. The molecular formula is C21H21N3O4. The summed E-state index contributed by atoms with van der Waals surface area (Å²) in [5.74, 6) is 0.581. The van der Waals surface area contributed by atoms with Gasteiger partial charge in [-0.2, -0.15) is 0 Å². The van der Waals surface area contributed by atoms with E-state index in [9.17, 15) is 9.59 Å². The van der Waals surface area contributed by atoms with Crippen LogP contribution in [0.1, 0.15) is 22.5 Å². The van der Waals surface area contributed by atoms with Gasteiger partial charge in [-0.3, -0.25) is 9.59 Å². The number of H-pyrrole nitrogens is 1. The van der Waals surface area contributed by atoms with Crippen LogP contribution in [0.15, 0.2) is 53.5 Å². The molecule has 2 N–H and O–H groups in total. The number of fused-ring (bicyclic) bond motifs is 1. The monoisotopic (exact) mass is 379 g/mol. The lowest BCUT2D eigenvalue weighted by molar-refractivity contribution is 0.0945. The van der Waals surface area contributed by atoms with Crippen molar-refractivity contribution < 1.29 is 14.3 Å². The molecule has 1 saturated heterocycles. The number of benzene rings is 1. The van der Waals surface area contributed by atoms with Crippen molar-refractivity contribution in [1.29, 1.82) is 0 Å². The van der Waals surface area contributed by atoms with Crippen LogP contribution >= 0.6 is 0 Å². The number of aromatic nitrogens is 2. The molecule has 1 fully saturated rings. The normalized spacial score (nSPS) is 16.2. The third-order valence-corrected chi connectivity index (χ3v) is 4.74. The molecule has 7 heteroatoms. The Labute approximate surface area is 161 Å². The minimum Gasteiger partial charge on any atom is -0.477 e. The highest BCUT2D eigenvalue weighted by atomic mass is 16.5. The first kappa shape index (κ1) is 18.2. The van der Waals surface area contributed by atoms with Crippen molar-refractivity contribution in [3.63, 3.8) is 0 Å². The fourth-order valence-corrected chi connectivity index (χ4v) is 3.17. The third-order valence-electron chi connectivity index (χ3n) is 4.74. The maximum absolute atomic E-state index is 12.5. The smallest absolute Gasteiger partial charge is 0.268 e. The SMILES string of the molecule is O=C(NCc1ccnc(OCC2CCOC2)c1)c1cc2ccccc2c(=O)[nH]1. The van der Waals surface area contributed by atoms with E-state index in [-0.39, 0.29) is 17.2 Å². The number of aromatic amines is 1. The zero-order valence-electron chi connectivity index (χ0n) is 15.3. The van der Waals surface area contributed by atoms with E-state index in [1.807, 2.05) is 18.2 Å². The molecule has 0 bridgehead atoms. The molecular weight excluding hydrogens is 358 g/mol. The van der Waals surface area contributed by atoms with Gasteiger partial charge in [0.15, 0.2) is 0 Å². The summed E-state index contributed by atoms with van der Waals surface area (Å²) in [5, 5.41) is 4.11. The lowest BCUT2D eigenvalue weighted by atomic mass is 10.1. The van der Waals surface area contributed by atoms with E-state index < -0.39 is 0 Å². The van der Waals surface area contributed by atoms with Gasteiger partial charge in [0, 0.05) is 36.7 Å². The molecule has 1 aromatic carbocycles. The zero-order valence-corrected chi connectivity index (χ0v) is 15.3. The number of carbonyl (C=O) groups excluding carboxylic acids is 1. The van der Waals surface area contributed by atoms with Crippen LogP contribution in [0, 0.1) is 5.92 Å².